The van der Waals surface area contributed by atoms with Crippen molar-refractivity contribution in [1.82, 2.24) is 23.3 Å². The Hall–Kier alpha value is -3.72. The van der Waals surface area contributed by atoms with Gasteiger partial charge in [-0.15, -0.1) is 0 Å². The maximum absolute atomic E-state index is 13.7. The van der Waals surface area contributed by atoms with Crippen molar-refractivity contribution >= 4 is 16.9 Å². The molecule has 0 N–H and O–H groups in total. The van der Waals surface area contributed by atoms with Crippen LogP contribution in [0.2, 0.25) is 0 Å². The summed E-state index contributed by atoms with van der Waals surface area (Å²) in [7, 11) is 1.64. The fraction of sp³-hybridized carbons (Fsp3) is 0.429. The Morgan fingerprint density at radius 1 is 1.11 bits per heavy atom. The molecule has 4 aromatic rings. The van der Waals surface area contributed by atoms with Crippen LogP contribution in [0, 0.1) is 13.8 Å². The minimum Gasteiger partial charge on any atom is -0.383 e. The van der Waals surface area contributed by atoms with Gasteiger partial charge in [-0.25, -0.2) is 9.78 Å². The van der Waals surface area contributed by atoms with Crippen molar-refractivity contribution in [3.8, 4) is 0 Å². The second-order valence-electron chi connectivity index (χ2n) is 9.59. The number of hydrogen-bond acceptors (Lipinski definition) is 5. The molecule has 0 radical (unpaired) electrons. The van der Waals surface area contributed by atoms with E-state index in [1.54, 1.807) is 18.0 Å². The van der Waals surface area contributed by atoms with Gasteiger partial charge in [0.2, 0.25) is 0 Å². The number of fused-ring (bicyclic) bond motifs is 1. The van der Waals surface area contributed by atoms with Crippen LogP contribution < -0.4 is 11.2 Å². The molecule has 1 atom stereocenters. The lowest BCUT2D eigenvalue weighted by molar-refractivity contribution is 0.0967. The molecule has 0 spiro atoms. The first-order chi connectivity index (χ1) is 17.8. The molecule has 0 fully saturated rings. The van der Waals surface area contributed by atoms with Gasteiger partial charge in [0.25, 0.3) is 5.56 Å². The first-order valence-corrected chi connectivity index (χ1v) is 12.7. The first-order valence-electron chi connectivity index (χ1n) is 12.7. The van der Waals surface area contributed by atoms with E-state index in [9.17, 15) is 14.4 Å². The molecule has 0 bridgehead atoms. The number of nitrogens with zero attached hydrogens (tertiary/aromatic N) is 5. The largest absolute Gasteiger partial charge is 0.383 e. The van der Waals surface area contributed by atoms with Crippen molar-refractivity contribution in [3.63, 3.8) is 0 Å². The molecule has 0 aliphatic rings. The van der Waals surface area contributed by atoms with E-state index in [1.807, 2.05) is 57.2 Å². The van der Waals surface area contributed by atoms with Crippen molar-refractivity contribution in [2.45, 2.75) is 66.2 Å². The van der Waals surface area contributed by atoms with Gasteiger partial charge in [-0.2, -0.15) is 0 Å². The highest BCUT2D eigenvalue weighted by Gasteiger charge is 2.23. The van der Waals surface area contributed by atoms with Gasteiger partial charge in [0.15, 0.2) is 16.9 Å². The molecular formula is C28H35N5O4. The number of rotatable bonds is 11. The van der Waals surface area contributed by atoms with E-state index >= 15 is 0 Å². The zero-order valence-electron chi connectivity index (χ0n) is 22.2. The van der Waals surface area contributed by atoms with E-state index in [4.69, 9.17) is 4.74 Å². The van der Waals surface area contributed by atoms with E-state index in [-0.39, 0.29) is 24.9 Å². The van der Waals surface area contributed by atoms with Gasteiger partial charge in [0.1, 0.15) is 0 Å². The van der Waals surface area contributed by atoms with E-state index < -0.39 is 11.2 Å². The molecule has 0 aliphatic heterocycles. The van der Waals surface area contributed by atoms with Crippen LogP contribution in [0.25, 0.3) is 11.2 Å². The molecule has 0 saturated carbocycles. The van der Waals surface area contributed by atoms with Gasteiger partial charge < -0.3 is 13.9 Å². The van der Waals surface area contributed by atoms with Crippen LogP contribution in [0.4, 0.5) is 0 Å². The summed E-state index contributed by atoms with van der Waals surface area (Å²) in [5, 5.41) is 0. The van der Waals surface area contributed by atoms with Crippen molar-refractivity contribution in [2.75, 3.05) is 13.7 Å². The maximum Gasteiger partial charge on any atom is 0.333 e. The first kappa shape index (κ1) is 26.3. The zero-order valence-corrected chi connectivity index (χ0v) is 22.2. The van der Waals surface area contributed by atoms with E-state index in [0.29, 0.717) is 29.9 Å². The summed E-state index contributed by atoms with van der Waals surface area (Å²) in [5.41, 5.74) is 2.76. The van der Waals surface area contributed by atoms with Crippen LogP contribution in [0.3, 0.4) is 0 Å². The number of ether oxygens (including phenoxy) is 1. The zero-order chi connectivity index (χ0) is 26.7. The molecule has 0 aliphatic carbocycles. The number of benzene rings is 1. The molecule has 0 amide bonds. The maximum atomic E-state index is 13.7. The second-order valence-corrected chi connectivity index (χ2v) is 9.59. The van der Waals surface area contributed by atoms with E-state index in [1.165, 1.54) is 4.57 Å². The summed E-state index contributed by atoms with van der Waals surface area (Å²) in [5.74, 6) is -0.284. The molecule has 196 valence electrons. The Morgan fingerprint density at radius 3 is 2.51 bits per heavy atom. The molecule has 3 aromatic heterocycles. The fourth-order valence-corrected chi connectivity index (χ4v) is 5.07. The Bertz CT molecular complexity index is 1520. The Morgan fingerprint density at radius 2 is 1.84 bits per heavy atom. The van der Waals surface area contributed by atoms with Gasteiger partial charge >= 0.3 is 5.69 Å². The summed E-state index contributed by atoms with van der Waals surface area (Å²) in [6.07, 6.45) is 3.43. The van der Waals surface area contributed by atoms with Gasteiger partial charge in [0.05, 0.1) is 32.1 Å². The topological polar surface area (TPSA) is 93.1 Å². The van der Waals surface area contributed by atoms with Crippen LogP contribution in [-0.2, 0) is 24.4 Å². The second kappa shape index (κ2) is 11.1. The highest BCUT2D eigenvalue weighted by atomic mass is 16.5. The molecule has 4 rings (SSSR count). The Kier molecular flexibility index (Phi) is 7.92. The normalized spacial score (nSPS) is 12.4. The number of imidazole rings is 1. The number of carbonyl (C=O) groups is 1. The van der Waals surface area contributed by atoms with E-state index in [0.717, 1.165) is 34.4 Å². The molecule has 0 unspecified atom stereocenters. The molecule has 3 heterocycles. The van der Waals surface area contributed by atoms with Gasteiger partial charge in [-0.05, 0) is 38.8 Å². The van der Waals surface area contributed by atoms with Crippen LogP contribution in [-0.4, -0.2) is 42.8 Å². The predicted molar refractivity (Wildman–Crippen MR) is 144 cm³/mol. The standard InChI is InChI=1S/C28H35N5O4/c1-6-7-13-30-18-29-26-25(30)27(35)32(28(36)31(26)15-22-11-9-8-10-12-22)16-24(34)23-14-19(2)33(21(23)4)20(3)17-37-5/h8-12,14,18,20H,6-7,13,15-17H2,1-5H3/t20-/m0/s1. The minimum atomic E-state index is -0.544. The number of hydrogen-bond donors (Lipinski definition) is 0. The highest BCUT2D eigenvalue weighted by Crippen LogP contribution is 2.21. The Balaban J connectivity index is 1.82. The summed E-state index contributed by atoms with van der Waals surface area (Å²) in [6, 6.07) is 11.4. The number of ketones is 1. The van der Waals surface area contributed by atoms with E-state index in [2.05, 4.69) is 16.5 Å². The summed E-state index contributed by atoms with van der Waals surface area (Å²) in [4.78, 5) is 45.2. The molecule has 9 heteroatoms. The third-order valence-corrected chi connectivity index (χ3v) is 6.85. The number of unbranched alkanes of at least 4 members (excludes halogenated alkanes) is 1. The van der Waals surface area contributed by atoms with Crippen LogP contribution >= 0.6 is 0 Å². The summed E-state index contributed by atoms with van der Waals surface area (Å²) in [6.45, 7) is 8.94. The average molecular weight is 506 g/mol. The molecule has 1 aromatic carbocycles. The van der Waals surface area contributed by atoms with Crippen molar-refractivity contribution in [2.24, 2.45) is 0 Å². The van der Waals surface area contributed by atoms with Crippen LogP contribution in [0.15, 0.2) is 52.3 Å². The van der Waals surface area contributed by atoms with Crippen LogP contribution in [0.1, 0.15) is 60.0 Å². The monoisotopic (exact) mass is 505 g/mol. The third kappa shape index (κ3) is 5.09. The molecule has 9 nitrogen and oxygen atoms in total. The average Bonchev–Trinajstić information content (AvgIpc) is 3.44. The van der Waals surface area contributed by atoms with Gasteiger partial charge in [-0.3, -0.25) is 18.7 Å². The summed E-state index contributed by atoms with van der Waals surface area (Å²) >= 11 is 0. The molecule has 37 heavy (non-hydrogen) atoms. The lowest BCUT2D eigenvalue weighted by Gasteiger charge is -2.17. The lowest BCUT2D eigenvalue weighted by atomic mass is 10.1. The number of aryl methyl sites for hydroxylation is 2. The third-order valence-electron chi connectivity index (χ3n) is 6.85. The predicted octanol–water partition coefficient (Wildman–Crippen LogP) is 3.72. The summed E-state index contributed by atoms with van der Waals surface area (Å²) < 4.78 is 11.7. The quantitative estimate of drug-likeness (QED) is 0.290. The van der Waals surface area contributed by atoms with Gasteiger partial charge in [-0.1, -0.05) is 43.7 Å². The number of Topliss-reactive ketones (excluding diaryl/α,β-unsaturated/α-hetero) is 1. The number of carbonyl (C=O) groups excluding carboxylic acids is 1. The number of methoxy groups -OCH3 is 1. The van der Waals surface area contributed by atoms with Crippen molar-refractivity contribution in [3.05, 3.63) is 86.1 Å². The van der Waals surface area contributed by atoms with Gasteiger partial charge in [0, 0.05) is 30.6 Å². The highest BCUT2D eigenvalue weighted by molar-refractivity contribution is 5.97. The molecule has 0 saturated heterocycles. The van der Waals surface area contributed by atoms with Crippen molar-refractivity contribution in [1.29, 1.82) is 0 Å². The number of aromatic nitrogens is 5. The van der Waals surface area contributed by atoms with Crippen molar-refractivity contribution < 1.29 is 9.53 Å². The molecular weight excluding hydrogens is 470 g/mol. The minimum absolute atomic E-state index is 0.0432. The Labute approximate surface area is 215 Å². The van der Waals surface area contributed by atoms with Crippen LogP contribution in [0.5, 0.6) is 0 Å². The lowest BCUT2D eigenvalue weighted by Crippen LogP contribution is -2.42. The smallest absolute Gasteiger partial charge is 0.333 e. The fourth-order valence-electron chi connectivity index (χ4n) is 5.07. The SMILES string of the molecule is CCCCn1cnc2c1c(=O)n(CC(=O)c1cc(C)n([C@@H](C)COC)c1C)c(=O)n2Cc1ccccc1.